The van der Waals surface area contributed by atoms with Gasteiger partial charge in [0, 0.05) is 31.2 Å². The number of fused-ring (bicyclic) bond motifs is 2. The Bertz CT molecular complexity index is 1360. The second kappa shape index (κ2) is 10.3. The predicted octanol–water partition coefficient (Wildman–Crippen LogP) is 6.02. The Morgan fingerprint density at radius 2 is 1.87 bits per heavy atom. The highest BCUT2D eigenvalue weighted by molar-refractivity contribution is 7.98. The number of rotatable bonds is 3. The molecule has 1 aliphatic carbocycles. The van der Waals surface area contributed by atoms with Crippen LogP contribution in [0, 0.1) is 5.92 Å². The van der Waals surface area contributed by atoms with Crippen molar-refractivity contribution < 1.29 is 14.6 Å². The Morgan fingerprint density at radius 3 is 2.58 bits per heavy atom. The highest BCUT2D eigenvalue weighted by atomic mass is 32.2. The second-order valence-corrected chi connectivity index (χ2v) is 12.4. The van der Waals surface area contributed by atoms with Crippen molar-refractivity contribution in [3.8, 4) is 5.75 Å². The number of aromatic nitrogens is 2. The summed E-state index contributed by atoms with van der Waals surface area (Å²) in [7, 11) is 0. The van der Waals surface area contributed by atoms with Gasteiger partial charge in [-0.2, -0.15) is 0 Å². The van der Waals surface area contributed by atoms with Crippen LogP contribution in [0.25, 0.3) is 10.8 Å². The molecule has 2 aromatic carbocycles. The lowest BCUT2D eigenvalue weighted by Gasteiger charge is -2.42. The Labute approximate surface area is 229 Å². The summed E-state index contributed by atoms with van der Waals surface area (Å²) in [5, 5.41) is 13.5. The molecule has 3 aromatic rings. The Hall–Kier alpha value is -3.00. The average molecular weight is 535 g/mol. The molecule has 1 fully saturated rings. The lowest BCUT2D eigenvalue weighted by molar-refractivity contribution is 0.0218. The number of aromatic hydroxyl groups is 1. The summed E-state index contributed by atoms with van der Waals surface area (Å²) in [4.78, 5) is 26.9. The summed E-state index contributed by atoms with van der Waals surface area (Å²) < 4.78 is 5.62. The van der Waals surface area contributed by atoms with E-state index < -0.39 is 5.60 Å². The average Bonchev–Trinajstić information content (AvgIpc) is 2.86. The van der Waals surface area contributed by atoms with E-state index in [1.54, 1.807) is 16.7 Å². The lowest BCUT2D eigenvalue weighted by Crippen LogP contribution is -2.55. The quantitative estimate of drug-likeness (QED) is 0.325. The first kappa shape index (κ1) is 26.6. The summed E-state index contributed by atoms with van der Waals surface area (Å²) in [6.45, 7) is 12.0. The maximum absolute atomic E-state index is 12.7. The summed E-state index contributed by atoms with van der Waals surface area (Å²) in [6, 6.07) is 12.2. The number of piperazine rings is 1. The van der Waals surface area contributed by atoms with Gasteiger partial charge in [-0.05, 0) is 87.1 Å². The number of ether oxygens (including phenoxy) is 1. The van der Waals surface area contributed by atoms with E-state index in [1.165, 1.54) is 16.5 Å². The molecule has 202 valence electrons. The first-order valence-electron chi connectivity index (χ1n) is 13.4. The molecule has 2 heterocycles. The van der Waals surface area contributed by atoms with Crippen molar-refractivity contribution in [3.63, 3.8) is 0 Å². The predicted molar refractivity (Wildman–Crippen MR) is 153 cm³/mol. The van der Waals surface area contributed by atoms with Gasteiger partial charge in [-0.15, -0.1) is 0 Å². The van der Waals surface area contributed by atoms with Gasteiger partial charge < -0.3 is 19.6 Å². The van der Waals surface area contributed by atoms with E-state index in [0.717, 1.165) is 34.9 Å². The van der Waals surface area contributed by atoms with Gasteiger partial charge in [-0.3, -0.25) is 0 Å². The minimum Gasteiger partial charge on any atom is -0.508 e. The zero-order valence-electron chi connectivity index (χ0n) is 23.2. The molecule has 2 aliphatic rings. The van der Waals surface area contributed by atoms with Gasteiger partial charge in [0.2, 0.25) is 0 Å². The van der Waals surface area contributed by atoms with E-state index in [9.17, 15) is 9.90 Å². The SMILES string of the molecule is CSc1nc2c(c(N3CCN(C(=O)OC(C)(C)C)CC3C)n1)CC(C)C(c1cc(O)cc3ccccc13)C2. The smallest absolute Gasteiger partial charge is 0.410 e. The first-order valence-corrected chi connectivity index (χ1v) is 14.7. The van der Waals surface area contributed by atoms with Crippen molar-refractivity contribution in [1.29, 1.82) is 0 Å². The van der Waals surface area contributed by atoms with Crippen molar-refractivity contribution in [2.75, 3.05) is 30.8 Å². The van der Waals surface area contributed by atoms with Gasteiger partial charge in [-0.25, -0.2) is 14.8 Å². The number of thioether (sulfide) groups is 1. The number of hydrogen-bond acceptors (Lipinski definition) is 7. The second-order valence-electron chi connectivity index (χ2n) is 11.7. The van der Waals surface area contributed by atoms with Crippen LogP contribution >= 0.6 is 11.8 Å². The standard InChI is InChI=1S/C30H38N4O3S/c1-18-13-25-26(16-23(18)24-15-21(35)14-20-9-7-8-10-22(20)24)31-28(38-6)32-27(25)34-12-11-33(17-19(34)2)29(36)37-30(3,4)5/h7-10,14-15,18-19,23,35H,11-13,16-17H2,1-6H3. The highest BCUT2D eigenvalue weighted by Crippen LogP contribution is 2.43. The van der Waals surface area contributed by atoms with E-state index in [1.807, 2.05) is 45.2 Å². The molecule has 5 rings (SSSR count). The number of amides is 1. The normalized spacial score (nSPS) is 21.9. The van der Waals surface area contributed by atoms with E-state index in [-0.39, 0.29) is 18.1 Å². The molecule has 1 N–H and O–H groups in total. The van der Waals surface area contributed by atoms with Crippen LogP contribution in [-0.4, -0.2) is 63.6 Å². The van der Waals surface area contributed by atoms with Gasteiger partial charge in [0.25, 0.3) is 0 Å². The number of phenols is 1. The first-order chi connectivity index (χ1) is 18.0. The number of carbonyl (C=O) groups excluding carboxylic acids is 1. The van der Waals surface area contributed by atoms with Crippen molar-refractivity contribution in [1.82, 2.24) is 14.9 Å². The molecule has 3 atom stereocenters. The summed E-state index contributed by atoms with van der Waals surface area (Å²) in [5.74, 6) is 1.91. The third-order valence-electron chi connectivity index (χ3n) is 7.69. The minimum absolute atomic E-state index is 0.105. The molecule has 1 aromatic heterocycles. The van der Waals surface area contributed by atoms with E-state index in [2.05, 4.69) is 36.9 Å². The van der Waals surface area contributed by atoms with Crippen LogP contribution in [0.1, 0.15) is 57.4 Å². The zero-order chi connectivity index (χ0) is 27.2. The summed E-state index contributed by atoms with van der Waals surface area (Å²) in [6.07, 6.45) is 3.43. The molecule has 0 radical (unpaired) electrons. The largest absolute Gasteiger partial charge is 0.508 e. The minimum atomic E-state index is -0.510. The maximum atomic E-state index is 12.7. The number of anilines is 1. The van der Waals surface area contributed by atoms with Gasteiger partial charge in [0.05, 0.1) is 5.69 Å². The molecule has 1 amide bonds. The molecule has 38 heavy (non-hydrogen) atoms. The van der Waals surface area contributed by atoms with Gasteiger partial charge in [-0.1, -0.05) is 43.0 Å². The van der Waals surface area contributed by atoms with Crippen LogP contribution in [0.2, 0.25) is 0 Å². The molecule has 0 spiro atoms. The Morgan fingerprint density at radius 1 is 1.11 bits per heavy atom. The fraction of sp³-hybridized carbons (Fsp3) is 0.500. The number of benzene rings is 2. The van der Waals surface area contributed by atoms with Crippen LogP contribution in [0.3, 0.4) is 0 Å². The number of nitrogens with zero attached hydrogens (tertiary/aromatic N) is 4. The number of hydrogen-bond donors (Lipinski definition) is 1. The fourth-order valence-corrected chi connectivity index (χ4v) is 6.27. The van der Waals surface area contributed by atoms with E-state index >= 15 is 0 Å². The monoisotopic (exact) mass is 534 g/mol. The summed E-state index contributed by atoms with van der Waals surface area (Å²) >= 11 is 1.56. The number of phenolic OH excluding ortho intramolecular Hbond substituents is 1. The third-order valence-corrected chi connectivity index (χ3v) is 8.24. The van der Waals surface area contributed by atoms with Crippen molar-refractivity contribution in [2.24, 2.45) is 5.92 Å². The molecule has 8 heteroatoms. The van der Waals surface area contributed by atoms with E-state index in [0.29, 0.717) is 31.3 Å². The molecule has 3 unspecified atom stereocenters. The van der Waals surface area contributed by atoms with Crippen LogP contribution < -0.4 is 4.90 Å². The molecular weight excluding hydrogens is 496 g/mol. The van der Waals surface area contributed by atoms with E-state index in [4.69, 9.17) is 14.7 Å². The van der Waals surface area contributed by atoms with Crippen molar-refractivity contribution >= 4 is 34.4 Å². The molecule has 0 saturated carbocycles. The van der Waals surface area contributed by atoms with Gasteiger partial charge >= 0.3 is 6.09 Å². The van der Waals surface area contributed by atoms with Gasteiger partial charge in [0.15, 0.2) is 5.16 Å². The maximum Gasteiger partial charge on any atom is 0.410 e. The van der Waals surface area contributed by atoms with Gasteiger partial charge in [0.1, 0.15) is 17.2 Å². The molecule has 7 nitrogen and oxygen atoms in total. The fourth-order valence-electron chi connectivity index (χ4n) is 5.89. The molecular formula is C30H38N4O3S. The third kappa shape index (κ3) is 5.28. The number of carbonyl (C=O) groups is 1. The van der Waals surface area contributed by atoms with Crippen LogP contribution in [0.5, 0.6) is 5.75 Å². The topological polar surface area (TPSA) is 78.8 Å². The molecule has 1 saturated heterocycles. The van der Waals surface area contributed by atoms with Crippen molar-refractivity contribution in [3.05, 3.63) is 53.2 Å². The highest BCUT2D eigenvalue weighted by Gasteiger charge is 2.36. The lowest BCUT2D eigenvalue weighted by atomic mass is 9.74. The van der Waals surface area contributed by atoms with Crippen LogP contribution in [-0.2, 0) is 17.6 Å². The van der Waals surface area contributed by atoms with Crippen LogP contribution in [0.15, 0.2) is 41.6 Å². The Balaban J connectivity index is 1.46. The van der Waals surface area contributed by atoms with Crippen LogP contribution in [0.4, 0.5) is 10.6 Å². The molecule has 0 bridgehead atoms. The van der Waals surface area contributed by atoms with Crippen molar-refractivity contribution in [2.45, 2.75) is 70.2 Å². The summed E-state index contributed by atoms with van der Waals surface area (Å²) in [5.41, 5.74) is 2.98. The molecule has 1 aliphatic heterocycles. The zero-order valence-corrected chi connectivity index (χ0v) is 24.0. The Kier molecular flexibility index (Phi) is 7.20.